The second kappa shape index (κ2) is 4.92. The molecular formula is C11H12N4OS. The number of amides is 1. The van der Waals surface area contributed by atoms with Crippen molar-refractivity contribution in [3.8, 4) is 0 Å². The van der Waals surface area contributed by atoms with E-state index in [0.29, 0.717) is 17.9 Å². The van der Waals surface area contributed by atoms with Gasteiger partial charge in [0, 0.05) is 23.0 Å². The lowest BCUT2D eigenvalue weighted by molar-refractivity contribution is 0.0946. The molecule has 0 aliphatic carbocycles. The van der Waals surface area contributed by atoms with Crippen LogP contribution in [0.2, 0.25) is 0 Å². The number of anilines is 1. The van der Waals surface area contributed by atoms with E-state index in [-0.39, 0.29) is 5.91 Å². The summed E-state index contributed by atoms with van der Waals surface area (Å²) in [4.78, 5) is 21.0. The average Bonchev–Trinajstić information content (AvgIpc) is 2.72. The van der Waals surface area contributed by atoms with Crippen molar-refractivity contribution in [2.24, 2.45) is 0 Å². The van der Waals surface area contributed by atoms with Crippen molar-refractivity contribution >= 4 is 22.9 Å². The van der Waals surface area contributed by atoms with E-state index in [1.807, 2.05) is 6.92 Å². The highest BCUT2D eigenvalue weighted by atomic mass is 32.1. The fourth-order valence-corrected chi connectivity index (χ4v) is 2.03. The third-order valence-corrected chi connectivity index (χ3v) is 3.00. The van der Waals surface area contributed by atoms with Crippen molar-refractivity contribution in [3.05, 3.63) is 40.1 Å². The molecule has 2 heterocycles. The zero-order valence-corrected chi connectivity index (χ0v) is 10.1. The van der Waals surface area contributed by atoms with Crippen molar-refractivity contribution in [3.63, 3.8) is 0 Å². The van der Waals surface area contributed by atoms with Gasteiger partial charge in [0.2, 0.25) is 0 Å². The fraction of sp³-hybridized carbons (Fsp3) is 0.182. The van der Waals surface area contributed by atoms with Crippen LogP contribution in [0.1, 0.15) is 20.4 Å². The molecule has 0 fully saturated rings. The Morgan fingerprint density at radius 3 is 3.00 bits per heavy atom. The fourth-order valence-electron chi connectivity index (χ4n) is 1.30. The predicted octanol–water partition coefficient (Wildman–Crippen LogP) is 1.36. The molecule has 1 amide bonds. The van der Waals surface area contributed by atoms with Crippen molar-refractivity contribution in [1.82, 2.24) is 15.3 Å². The number of thiazole rings is 1. The molecule has 0 saturated heterocycles. The Morgan fingerprint density at radius 1 is 1.53 bits per heavy atom. The van der Waals surface area contributed by atoms with Crippen LogP contribution in [-0.2, 0) is 6.54 Å². The van der Waals surface area contributed by atoms with Crippen molar-refractivity contribution in [2.45, 2.75) is 13.5 Å². The number of pyridine rings is 1. The first-order chi connectivity index (χ1) is 8.15. The Morgan fingerprint density at radius 2 is 2.35 bits per heavy atom. The first-order valence-electron chi connectivity index (χ1n) is 5.06. The first kappa shape index (κ1) is 11.5. The monoisotopic (exact) mass is 248 g/mol. The van der Waals surface area contributed by atoms with Crippen LogP contribution < -0.4 is 11.1 Å². The van der Waals surface area contributed by atoms with Gasteiger partial charge in [-0.05, 0) is 19.1 Å². The summed E-state index contributed by atoms with van der Waals surface area (Å²) in [5, 5.41) is 3.62. The third kappa shape index (κ3) is 3.01. The second-order valence-corrected chi connectivity index (χ2v) is 4.84. The van der Waals surface area contributed by atoms with E-state index in [4.69, 9.17) is 5.73 Å². The van der Waals surface area contributed by atoms with E-state index in [9.17, 15) is 4.79 Å². The van der Waals surface area contributed by atoms with Crippen LogP contribution in [0.25, 0.3) is 0 Å². The molecule has 2 aromatic heterocycles. The molecule has 0 radical (unpaired) electrons. The quantitative estimate of drug-likeness (QED) is 0.859. The van der Waals surface area contributed by atoms with Gasteiger partial charge in [0.1, 0.15) is 10.7 Å². The number of carbonyl (C=O) groups excluding carboxylic acids is 1. The molecule has 0 aliphatic rings. The van der Waals surface area contributed by atoms with Gasteiger partial charge in [0.25, 0.3) is 5.91 Å². The molecule has 0 bridgehead atoms. The van der Waals surface area contributed by atoms with Gasteiger partial charge >= 0.3 is 0 Å². The minimum Gasteiger partial charge on any atom is -0.399 e. The van der Waals surface area contributed by atoms with Crippen LogP contribution in [0.5, 0.6) is 0 Å². The van der Waals surface area contributed by atoms with Crippen LogP contribution in [0.15, 0.2) is 24.5 Å². The summed E-state index contributed by atoms with van der Waals surface area (Å²) in [5.41, 5.74) is 6.42. The maximum absolute atomic E-state index is 11.7. The molecule has 3 N–H and O–H groups in total. The molecule has 5 nitrogen and oxygen atoms in total. The maximum Gasteiger partial charge on any atom is 0.270 e. The lowest BCUT2D eigenvalue weighted by atomic mass is 10.3. The van der Waals surface area contributed by atoms with Gasteiger partial charge in [-0.3, -0.25) is 9.78 Å². The maximum atomic E-state index is 11.7. The van der Waals surface area contributed by atoms with Gasteiger partial charge in [0.05, 0.1) is 6.54 Å². The van der Waals surface area contributed by atoms with Crippen molar-refractivity contribution in [2.75, 3.05) is 5.73 Å². The van der Waals surface area contributed by atoms with E-state index >= 15 is 0 Å². The lowest BCUT2D eigenvalue weighted by Gasteiger charge is -2.02. The van der Waals surface area contributed by atoms with Crippen molar-refractivity contribution < 1.29 is 4.79 Å². The lowest BCUT2D eigenvalue weighted by Crippen LogP contribution is -2.23. The summed E-state index contributed by atoms with van der Waals surface area (Å²) in [6.45, 7) is 2.39. The Hall–Kier alpha value is -1.95. The zero-order valence-electron chi connectivity index (χ0n) is 9.30. The van der Waals surface area contributed by atoms with Gasteiger partial charge in [-0.2, -0.15) is 0 Å². The van der Waals surface area contributed by atoms with Gasteiger partial charge < -0.3 is 11.1 Å². The molecule has 0 aliphatic heterocycles. The van der Waals surface area contributed by atoms with E-state index < -0.39 is 0 Å². The molecule has 0 saturated carbocycles. The number of rotatable bonds is 3. The smallest absolute Gasteiger partial charge is 0.270 e. The molecule has 2 rings (SSSR count). The number of nitrogens with one attached hydrogen (secondary N) is 1. The summed E-state index contributed by atoms with van der Waals surface area (Å²) >= 11 is 1.56. The standard InChI is InChI=1S/C11H12N4OS/c1-7-5-14-10(17-7)6-15-11(16)9-4-8(12)2-3-13-9/h2-5H,6H2,1H3,(H2,12,13)(H,15,16). The van der Waals surface area contributed by atoms with Gasteiger partial charge in [-0.25, -0.2) is 4.98 Å². The summed E-state index contributed by atoms with van der Waals surface area (Å²) in [6.07, 6.45) is 3.29. The Labute approximate surface area is 103 Å². The zero-order chi connectivity index (χ0) is 12.3. The van der Waals surface area contributed by atoms with Crippen LogP contribution in [0.4, 0.5) is 5.69 Å². The minimum absolute atomic E-state index is 0.245. The highest BCUT2D eigenvalue weighted by molar-refractivity contribution is 7.11. The van der Waals surface area contributed by atoms with Crippen LogP contribution >= 0.6 is 11.3 Å². The van der Waals surface area contributed by atoms with Crippen molar-refractivity contribution in [1.29, 1.82) is 0 Å². The highest BCUT2D eigenvalue weighted by Crippen LogP contribution is 2.10. The van der Waals surface area contributed by atoms with Gasteiger partial charge in [-0.1, -0.05) is 0 Å². The van der Waals surface area contributed by atoms with Gasteiger partial charge in [-0.15, -0.1) is 11.3 Å². The molecule has 6 heteroatoms. The number of nitrogens with two attached hydrogens (primary N) is 1. The highest BCUT2D eigenvalue weighted by Gasteiger charge is 2.07. The summed E-state index contributed by atoms with van der Waals surface area (Å²) in [6, 6.07) is 3.18. The summed E-state index contributed by atoms with van der Waals surface area (Å²) < 4.78 is 0. The topological polar surface area (TPSA) is 80.9 Å². The third-order valence-electron chi connectivity index (χ3n) is 2.09. The number of hydrogen-bond acceptors (Lipinski definition) is 5. The van der Waals surface area contributed by atoms with E-state index in [1.165, 1.54) is 6.20 Å². The number of carbonyl (C=O) groups is 1. The number of nitrogens with zero attached hydrogens (tertiary/aromatic N) is 2. The average molecular weight is 248 g/mol. The Balaban J connectivity index is 1.98. The largest absolute Gasteiger partial charge is 0.399 e. The number of hydrogen-bond donors (Lipinski definition) is 2. The predicted molar refractivity (Wildman–Crippen MR) is 66.7 cm³/mol. The normalized spacial score (nSPS) is 10.2. The number of nitrogen functional groups attached to an aromatic ring is 1. The van der Waals surface area contributed by atoms with E-state index in [1.54, 1.807) is 29.7 Å². The molecule has 88 valence electrons. The molecule has 0 unspecified atom stereocenters. The van der Waals surface area contributed by atoms with Crippen LogP contribution in [0, 0.1) is 6.92 Å². The molecule has 17 heavy (non-hydrogen) atoms. The number of aromatic nitrogens is 2. The minimum atomic E-state index is -0.245. The Kier molecular flexibility index (Phi) is 3.34. The number of aryl methyl sites for hydroxylation is 1. The second-order valence-electron chi connectivity index (χ2n) is 3.52. The molecular weight excluding hydrogens is 236 g/mol. The van der Waals surface area contributed by atoms with Gasteiger partial charge in [0.15, 0.2) is 0 Å². The Bertz CT molecular complexity index is 538. The first-order valence-corrected chi connectivity index (χ1v) is 5.88. The molecule has 0 atom stereocenters. The molecule has 0 aromatic carbocycles. The SMILES string of the molecule is Cc1cnc(CNC(=O)c2cc(N)ccn2)s1. The van der Waals surface area contributed by atoms with E-state index in [2.05, 4.69) is 15.3 Å². The summed E-state index contributed by atoms with van der Waals surface area (Å²) in [5.74, 6) is -0.245. The van der Waals surface area contributed by atoms with E-state index in [0.717, 1.165) is 9.88 Å². The molecule has 2 aromatic rings. The van der Waals surface area contributed by atoms with Crippen LogP contribution in [-0.4, -0.2) is 15.9 Å². The van der Waals surface area contributed by atoms with Crippen LogP contribution in [0.3, 0.4) is 0 Å². The molecule has 0 spiro atoms. The summed E-state index contributed by atoms with van der Waals surface area (Å²) in [7, 11) is 0.